The second-order valence-electron chi connectivity index (χ2n) is 6.49. The van der Waals surface area contributed by atoms with Gasteiger partial charge in [-0.3, -0.25) is 9.59 Å². The average molecular weight is 380 g/mol. The van der Waals surface area contributed by atoms with Crippen molar-refractivity contribution in [1.29, 1.82) is 0 Å². The van der Waals surface area contributed by atoms with Crippen LogP contribution >= 0.6 is 0 Å². The third-order valence-electron chi connectivity index (χ3n) is 5.16. The number of hydrogen-bond acceptors (Lipinski definition) is 5. The summed E-state index contributed by atoms with van der Waals surface area (Å²) in [7, 11) is 0. The summed E-state index contributed by atoms with van der Waals surface area (Å²) in [5.41, 5.74) is -2.04. The highest BCUT2D eigenvalue weighted by Gasteiger charge is 2.76. The Balaban J connectivity index is 1.75. The van der Waals surface area contributed by atoms with Crippen molar-refractivity contribution in [2.24, 2.45) is 17.3 Å². The van der Waals surface area contributed by atoms with Crippen LogP contribution in [-0.4, -0.2) is 53.9 Å². The molecular weight excluding hydrogens is 369 g/mol. The van der Waals surface area contributed by atoms with Crippen LogP contribution < -0.4 is 0 Å². The zero-order chi connectivity index (χ0) is 19.0. The van der Waals surface area contributed by atoms with Crippen molar-refractivity contribution in [2.75, 3.05) is 6.61 Å². The number of fused-ring (bicyclic) bond motifs is 1. The first kappa shape index (κ1) is 18.2. The number of rotatable bonds is 4. The van der Waals surface area contributed by atoms with E-state index in [1.54, 1.807) is 0 Å². The summed E-state index contributed by atoms with van der Waals surface area (Å²) in [6, 6.07) is 0. The van der Waals surface area contributed by atoms with Gasteiger partial charge in [-0.05, 0) is 18.8 Å². The van der Waals surface area contributed by atoms with Gasteiger partial charge < -0.3 is 14.6 Å². The molecule has 0 radical (unpaired) electrons. The normalized spacial score (nSPS) is 37.4. The van der Waals surface area contributed by atoms with Crippen LogP contribution in [0, 0.1) is 17.3 Å². The minimum absolute atomic E-state index is 0.155. The van der Waals surface area contributed by atoms with Gasteiger partial charge in [0.15, 0.2) is 12.0 Å². The topological polar surface area (TPSA) is 72.8 Å². The molecule has 1 heterocycles. The molecule has 12 heteroatoms. The Bertz CT molecular complexity index is 618. The highest BCUT2D eigenvalue weighted by Crippen LogP contribution is 2.62. The standard InChI is InChI=1S/C13H11F7O5/c14-11(15,12(16,17)13(18,19)20)3-24-8(22)10-2-4-1-5(10)7(6(4)21)25-9(10)23/h4-7,21H,1-3H2. The van der Waals surface area contributed by atoms with Crippen LogP contribution in [0.25, 0.3) is 0 Å². The second-order valence-corrected chi connectivity index (χ2v) is 6.49. The van der Waals surface area contributed by atoms with Crippen LogP contribution in [0.1, 0.15) is 12.8 Å². The molecule has 1 saturated heterocycles. The van der Waals surface area contributed by atoms with Crippen LogP contribution in [0.15, 0.2) is 0 Å². The van der Waals surface area contributed by atoms with Crippen molar-refractivity contribution < 1.29 is 54.9 Å². The lowest BCUT2D eigenvalue weighted by atomic mass is 9.73. The third kappa shape index (κ3) is 2.18. The maximum absolute atomic E-state index is 13.2. The van der Waals surface area contributed by atoms with Crippen molar-refractivity contribution in [3.63, 3.8) is 0 Å². The van der Waals surface area contributed by atoms with Crippen molar-refractivity contribution in [3.05, 3.63) is 0 Å². The Morgan fingerprint density at radius 2 is 1.84 bits per heavy atom. The van der Waals surface area contributed by atoms with Crippen molar-refractivity contribution in [3.8, 4) is 0 Å². The van der Waals surface area contributed by atoms with Crippen LogP contribution in [0.2, 0.25) is 0 Å². The number of hydrogen-bond donors (Lipinski definition) is 1. The Morgan fingerprint density at radius 3 is 2.36 bits per heavy atom. The molecule has 0 aromatic carbocycles. The number of esters is 2. The molecule has 1 N–H and O–H groups in total. The Labute approximate surface area is 135 Å². The van der Waals surface area contributed by atoms with E-state index in [1.807, 2.05) is 0 Å². The number of aliphatic hydroxyl groups is 1. The van der Waals surface area contributed by atoms with E-state index in [0.717, 1.165) is 0 Å². The number of alkyl halides is 7. The highest BCUT2D eigenvalue weighted by molar-refractivity contribution is 6.03. The van der Waals surface area contributed by atoms with Gasteiger partial charge in [-0.2, -0.15) is 30.7 Å². The molecule has 5 nitrogen and oxygen atoms in total. The van der Waals surface area contributed by atoms with Gasteiger partial charge in [-0.15, -0.1) is 0 Å². The molecule has 0 aromatic heterocycles. The number of carbonyl (C=O) groups excluding carboxylic acids is 2. The molecule has 0 spiro atoms. The summed E-state index contributed by atoms with van der Waals surface area (Å²) < 4.78 is 97.1. The molecule has 0 amide bonds. The molecule has 25 heavy (non-hydrogen) atoms. The maximum atomic E-state index is 13.2. The van der Waals surface area contributed by atoms with E-state index in [9.17, 15) is 45.4 Å². The summed E-state index contributed by atoms with van der Waals surface area (Å²) >= 11 is 0. The molecule has 3 rings (SSSR count). The molecule has 5 atom stereocenters. The zero-order valence-corrected chi connectivity index (χ0v) is 12.2. The Morgan fingerprint density at radius 1 is 1.24 bits per heavy atom. The quantitative estimate of drug-likeness (QED) is 0.457. The van der Waals surface area contributed by atoms with E-state index < -0.39 is 66.0 Å². The number of halogens is 7. The number of ether oxygens (including phenoxy) is 2. The first-order valence-electron chi connectivity index (χ1n) is 7.14. The number of aliphatic hydroxyl groups excluding tert-OH is 1. The molecule has 5 unspecified atom stereocenters. The van der Waals surface area contributed by atoms with Gasteiger partial charge in [0, 0.05) is 5.92 Å². The van der Waals surface area contributed by atoms with Gasteiger partial charge in [0.2, 0.25) is 0 Å². The van der Waals surface area contributed by atoms with Crippen LogP contribution in [0.3, 0.4) is 0 Å². The SMILES string of the molecule is O=C(OCC(F)(F)C(F)(F)C(F)(F)F)C12CC3CC1C(OC2=O)C3O. The molecule has 2 saturated carbocycles. The maximum Gasteiger partial charge on any atom is 0.460 e. The Hall–Kier alpha value is -1.59. The largest absolute Gasteiger partial charge is 0.460 e. The van der Waals surface area contributed by atoms with E-state index in [1.165, 1.54) is 0 Å². The summed E-state index contributed by atoms with van der Waals surface area (Å²) in [6.45, 7) is -2.54. The van der Waals surface area contributed by atoms with Gasteiger partial charge in [-0.1, -0.05) is 0 Å². The molecular formula is C13H11F7O5. The first-order valence-corrected chi connectivity index (χ1v) is 7.14. The van der Waals surface area contributed by atoms with Crippen molar-refractivity contribution in [2.45, 2.75) is 43.1 Å². The summed E-state index contributed by atoms with van der Waals surface area (Å²) in [4.78, 5) is 24.0. The summed E-state index contributed by atoms with van der Waals surface area (Å²) in [5, 5.41) is 9.80. The van der Waals surface area contributed by atoms with Crippen LogP contribution in [0.4, 0.5) is 30.7 Å². The van der Waals surface area contributed by atoms with Crippen LogP contribution in [0.5, 0.6) is 0 Å². The molecule has 3 aliphatic rings. The fourth-order valence-corrected chi connectivity index (χ4v) is 3.87. The molecule has 1 aliphatic heterocycles. The van der Waals surface area contributed by atoms with Gasteiger partial charge >= 0.3 is 30.0 Å². The zero-order valence-electron chi connectivity index (χ0n) is 12.2. The van der Waals surface area contributed by atoms with E-state index in [4.69, 9.17) is 4.74 Å². The lowest BCUT2D eigenvalue weighted by Gasteiger charge is -2.31. The van der Waals surface area contributed by atoms with E-state index >= 15 is 0 Å². The second kappa shape index (κ2) is 4.98. The van der Waals surface area contributed by atoms with Crippen molar-refractivity contribution >= 4 is 11.9 Å². The third-order valence-corrected chi connectivity index (χ3v) is 5.16. The molecule has 3 fully saturated rings. The molecule has 142 valence electrons. The molecule has 2 aliphatic carbocycles. The lowest BCUT2D eigenvalue weighted by Crippen LogP contribution is -2.55. The fraction of sp³-hybridized carbons (Fsp3) is 0.846. The van der Waals surface area contributed by atoms with Gasteiger partial charge in [0.05, 0.1) is 6.10 Å². The fourth-order valence-electron chi connectivity index (χ4n) is 3.87. The molecule has 0 aromatic rings. The van der Waals surface area contributed by atoms with E-state index in [0.29, 0.717) is 0 Å². The number of carbonyl (C=O) groups is 2. The predicted octanol–water partition coefficient (Wildman–Crippen LogP) is 1.67. The minimum Gasteiger partial charge on any atom is -0.458 e. The molecule has 2 bridgehead atoms. The van der Waals surface area contributed by atoms with E-state index in [2.05, 4.69) is 4.74 Å². The van der Waals surface area contributed by atoms with Gasteiger partial charge in [-0.25, -0.2) is 0 Å². The predicted molar refractivity (Wildman–Crippen MR) is 61.4 cm³/mol. The summed E-state index contributed by atoms with van der Waals surface area (Å²) in [6.07, 6.45) is -8.78. The van der Waals surface area contributed by atoms with Crippen molar-refractivity contribution in [1.82, 2.24) is 0 Å². The smallest absolute Gasteiger partial charge is 0.458 e. The first-order chi connectivity index (χ1) is 11.3. The minimum atomic E-state index is -6.55. The average Bonchev–Trinajstić information content (AvgIpc) is 3.06. The van der Waals surface area contributed by atoms with Crippen LogP contribution in [-0.2, 0) is 19.1 Å². The highest BCUT2D eigenvalue weighted by atomic mass is 19.4. The Kier molecular flexibility index (Phi) is 3.63. The summed E-state index contributed by atoms with van der Waals surface area (Å²) in [5.74, 6) is -16.4. The van der Waals surface area contributed by atoms with E-state index in [-0.39, 0.29) is 12.8 Å². The van der Waals surface area contributed by atoms with Gasteiger partial charge in [0.25, 0.3) is 0 Å². The lowest BCUT2D eigenvalue weighted by molar-refractivity contribution is -0.360. The van der Waals surface area contributed by atoms with Gasteiger partial charge in [0.1, 0.15) is 6.10 Å². The monoisotopic (exact) mass is 380 g/mol.